The molecule has 0 spiro atoms. The molecule has 1 atom stereocenters. The van der Waals surface area contributed by atoms with Gasteiger partial charge in [-0.05, 0) is 48.1 Å². The van der Waals surface area contributed by atoms with Crippen LogP contribution in [0.25, 0.3) is 0 Å². The molecule has 1 unspecified atom stereocenters. The number of aryl methyl sites for hydroxylation is 1. The van der Waals surface area contributed by atoms with Gasteiger partial charge in [0.25, 0.3) is 0 Å². The van der Waals surface area contributed by atoms with E-state index in [0.29, 0.717) is 12.0 Å². The molecule has 1 heteroatoms. The molecule has 1 N–H and O–H groups in total. The molecule has 0 aliphatic carbocycles. The first kappa shape index (κ1) is 15.6. The topological polar surface area (TPSA) is 12.0 Å². The highest BCUT2D eigenvalue weighted by atomic mass is 14.9. The van der Waals surface area contributed by atoms with E-state index in [1.165, 1.54) is 35.2 Å². The summed E-state index contributed by atoms with van der Waals surface area (Å²) in [7, 11) is 0. The van der Waals surface area contributed by atoms with E-state index in [2.05, 4.69) is 81.5 Å². The molecule has 2 aromatic carbocycles. The van der Waals surface area contributed by atoms with Crippen LogP contribution in [-0.4, -0.2) is 0 Å². The molecule has 2 rings (SSSR count). The Kier molecular flexibility index (Phi) is 5.44. The number of nitrogens with one attached hydrogen (secondary N) is 1. The Balaban J connectivity index is 2.06. The highest BCUT2D eigenvalue weighted by molar-refractivity contribution is 5.48. The van der Waals surface area contributed by atoms with E-state index in [1.807, 2.05) is 0 Å². The van der Waals surface area contributed by atoms with E-state index in [4.69, 9.17) is 0 Å². The zero-order valence-electron chi connectivity index (χ0n) is 13.7. The van der Waals surface area contributed by atoms with E-state index in [0.717, 1.165) is 0 Å². The average Bonchev–Trinajstić information content (AvgIpc) is 2.48. The van der Waals surface area contributed by atoms with Crippen molar-refractivity contribution in [1.29, 1.82) is 0 Å². The second kappa shape index (κ2) is 7.31. The summed E-state index contributed by atoms with van der Waals surface area (Å²) in [5.74, 6) is 0.565. The van der Waals surface area contributed by atoms with Crippen LogP contribution in [0.1, 0.15) is 62.8 Å². The van der Waals surface area contributed by atoms with E-state index in [1.54, 1.807) is 0 Å². The summed E-state index contributed by atoms with van der Waals surface area (Å²) in [5.41, 5.74) is 5.34. The van der Waals surface area contributed by atoms with E-state index < -0.39 is 0 Å². The quantitative estimate of drug-likeness (QED) is 0.691. The smallest absolute Gasteiger partial charge is 0.0485 e. The van der Waals surface area contributed by atoms with Gasteiger partial charge in [0.1, 0.15) is 0 Å². The summed E-state index contributed by atoms with van der Waals surface area (Å²) in [5, 5.41) is 3.60. The summed E-state index contributed by atoms with van der Waals surface area (Å²) in [6, 6.07) is 18.0. The monoisotopic (exact) mass is 281 g/mol. The number of benzene rings is 2. The van der Waals surface area contributed by atoms with Gasteiger partial charge in [-0.3, -0.25) is 0 Å². The summed E-state index contributed by atoms with van der Waals surface area (Å²) in [6.07, 6.45) is 2.37. The largest absolute Gasteiger partial charge is 0.379 e. The van der Waals surface area contributed by atoms with Crippen molar-refractivity contribution in [2.75, 3.05) is 5.32 Å². The first-order valence-electron chi connectivity index (χ1n) is 8.05. The van der Waals surface area contributed by atoms with Gasteiger partial charge in [0, 0.05) is 11.7 Å². The summed E-state index contributed by atoms with van der Waals surface area (Å²) < 4.78 is 0. The fourth-order valence-corrected chi connectivity index (χ4v) is 2.58. The van der Waals surface area contributed by atoms with Gasteiger partial charge in [0.2, 0.25) is 0 Å². The van der Waals surface area contributed by atoms with Crippen LogP contribution in [0.3, 0.4) is 0 Å². The lowest BCUT2D eigenvalue weighted by atomic mass is 10.0. The molecule has 0 saturated heterocycles. The zero-order chi connectivity index (χ0) is 15.2. The first-order valence-corrected chi connectivity index (χ1v) is 8.05. The first-order chi connectivity index (χ1) is 10.1. The lowest BCUT2D eigenvalue weighted by Gasteiger charge is -2.17. The highest BCUT2D eigenvalue weighted by Gasteiger charge is 2.06. The maximum Gasteiger partial charge on any atom is 0.0485 e. The van der Waals surface area contributed by atoms with Crippen LogP contribution in [0.5, 0.6) is 0 Å². The predicted molar refractivity (Wildman–Crippen MR) is 93.0 cm³/mol. The van der Waals surface area contributed by atoms with Crippen LogP contribution in [0.15, 0.2) is 48.5 Å². The van der Waals surface area contributed by atoms with Crippen LogP contribution >= 0.6 is 0 Å². The van der Waals surface area contributed by atoms with Crippen molar-refractivity contribution in [1.82, 2.24) is 0 Å². The van der Waals surface area contributed by atoms with Gasteiger partial charge in [-0.25, -0.2) is 0 Å². The van der Waals surface area contributed by atoms with Gasteiger partial charge in [0.15, 0.2) is 0 Å². The van der Waals surface area contributed by atoms with Gasteiger partial charge >= 0.3 is 0 Å². The van der Waals surface area contributed by atoms with Crippen molar-refractivity contribution in [2.45, 2.75) is 52.5 Å². The van der Waals surface area contributed by atoms with Crippen LogP contribution in [-0.2, 0) is 6.42 Å². The normalized spacial score (nSPS) is 12.4. The molecule has 112 valence electrons. The second-order valence-electron chi connectivity index (χ2n) is 6.14. The fourth-order valence-electron chi connectivity index (χ4n) is 2.58. The van der Waals surface area contributed by atoms with E-state index >= 15 is 0 Å². The molecule has 0 aliphatic rings. The lowest BCUT2D eigenvalue weighted by molar-refractivity contribution is 0.857. The molecule has 0 bridgehead atoms. The van der Waals surface area contributed by atoms with Crippen molar-refractivity contribution in [3.8, 4) is 0 Å². The molecule has 0 saturated carbocycles. The molecule has 0 radical (unpaired) electrons. The molecule has 1 nitrogen and oxygen atoms in total. The molecular formula is C20H27N. The molecule has 0 amide bonds. The third-order valence-corrected chi connectivity index (χ3v) is 3.95. The Morgan fingerprint density at radius 1 is 0.905 bits per heavy atom. The fraction of sp³-hybridized carbons (Fsp3) is 0.400. The lowest BCUT2D eigenvalue weighted by Crippen LogP contribution is -2.07. The minimum atomic E-state index is 0.322. The molecule has 0 fully saturated rings. The Morgan fingerprint density at radius 3 is 2.24 bits per heavy atom. The molecular weight excluding hydrogens is 254 g/mol. The van der Waals surface area contributed by atoms with Crippen molar-refractivity contribution in [3.63, 3.8) is 0 Å². The molecule has 0 heterocycles. The number of anilines is 1. The average molecular weight is 281 g/mol. The van der Waals surface area contributed by atoms with Gasteiger partial charge in [-0.1, -0.05) is 63.6 Å². The molecule has 0 aromatic heterocycles. The molecule has 21 heavy (non-hydrogen) atoms. The Morgan fingerprint density at radius 2 is 1.62 bits per heavy atom. The number of rotatable bonds is 6. The Bertz CT molecular complexity index is 554. The standard InChI is InChI=1S/C20H27N/c1-5-7-17-10-12-18(13-11-17)16(4)21-20-9-6-8-19(14-20)15(2)3/h6,8-16,21H,5,7H2,1-4H3. The van der Waals surface area contributed by atoms with Crippen molar-refractivity contribution < 1.29 is 0 Å². The second-order valence-corrected chi connectivity index (χ2v) is 6.14. The molecule has 2 aromatic rings. The Labute approximate surface area is 129 Å². The maximum atomic E-state index is 3.60. The SMILES string of the molecule is CCCc1ccc(C(C)Nc2cccc(C(C)C)c2)cc1. The zero-order valence-corrected chi connectivity index (χ0v) is 13.7. The van der Waals surface area contributed by atoms with Gasteiger partial charge < -0.3 is 5.32 Å². The van der Waals surface area contributed by atoms with E-state index in [9.17, 15) is 0 Å². The maximum absolute atomic E-state index is 3.60. The van der Waals surface area contributed by atoms with Crippen molar-refractivity contribution in [3.05, 3.63) is 65.2 Å². The van der Waals surface area contributed by atoms with Gasteiger partial charge in [0.05, 0.1) is 0 Å². The van der Waals surface area contributed by atoms with Gasteiger partial charge in [-0.15, -0.1) is 0 Å². The minimum Gasteiger partial charge on any atom is -0.379 e. The third kappa shape index (κ3) is 4.35. The highest BCUT2D eigenvalue weighted by Crippen LogP contribution is 2.23. The summed E-state index contributed by atoms with van der Waals surface area (Å²) in [6.45, 7) is 8.90. The van der Waals surface area contributed by atoms with Crippen molar-refractivity contribution in [2.24, 2.45) is 0 Å². The van der Waals surface area contributed by atoms with Crippen LogP contribution in [0.2, 0.25) is 0 Å². The Hall–Kier alpha value is -1.76. The molecule has 0 aliphatic heterocycles. The van der Waals surface area contributed by atoms with Gasteiger partial charge in [-0.2, -0.15) is 0 Å². The number of hydrogen-bond donors (Lipinski definition) is 1. The predicted octanol–water partition coefficient (Wildman–Crippen LogP) is 5.94. The van der Waals surface area contributed by atoms with Crippen LogP contribution in [0, 0.1) is 0 Å². The van der Waals surface area contributed by atoms with Crippen molar-refractivity contribution >= 4 is 5.69 Å². The van der Waals surface area contributed by atoms with Crippen LogP contribution < -0.4 is 5.32 Å². The summed E-state index contributed by atoms with van der Waals surface area (Å²) in [4.78, 5) is 0. The summed E-state index contributed by atoms with van der Waals surface area (Å²) >= 11 is 0. The van der Waals surface area contributed by atoms with Crippen LogP contribution in [0.4, 0.5) is 5.69 Å². The minimum absolute atomic E-state index is 0.322. The number of hydrogen-bond acceptors (Lipinski definition) is 1. The van der Waals surface area contributed by atoms with E-state index in [-0.39, 0.29) is 0 Å². The third-order valence-electron chi connectivity index (χ3n) is 3.95.